The summed E-state index contributed by atoms with van der Waals surface area (Å²) in [6.45, 7) is 3.80. The lowest BCUT2D eigenvalue weighted by Gasteiger charge is -2.35. The van der Waals surface area contributed by atoms with E-state index in [-0.39, 0.29) is 29.4 Å². The summed E-state index contributed by atoms with van der Waals surface area (Å²) in [7, 11) is -4.12. The van der Waals surface area contributed by atoms with Crippen LogP contribution in [0.1, 0.15) is 26.0 Å². The number of carbonyl (C=O) groups excluding carboxylic acids is 2. The number of hydrogen-bond acceptors (Lipinski definition) is 8. The van der Waals surface area contributed by atoms with Crippen molar-refractivity contribution in [1.29, 1.82) is 0 Å². The molecule has 14 heteroatoms. The van der Waals surface area contributed by atoms with Crippen molar-refractivity contribution in [2.24, 2.45) is 0 Å². The summed E-state index contributed by atoms with van der Waals surface area (Å²) in [5.41, 5.74) is -3.88. The van der Waals surface area contributed by atoms with Crippen LogP contribution in [0.4, 0.5) is 24.7 Å². The van der Waals surface area contributed by atoms with Crippen LogP contribution in [-0.2, 0) is 24.3 Å². The molecule has 0 spiro atoms. The maximum absolute atomic E-state index is 13.9. The standard InChI is InChI=1S/C18H21F3N4O6S/c1-4-15(26)23-17(18(19,20)21,16(27)30-5-2)22-12-6-8-13(9-7-12)32(28,29)25-14-10-11(3)31-24-14/h6-10,22H,4-5H2,1-3H3,(H,23,26)(H,24,25)/t17-/m0/s1. The predicted octanol–water partition coefficient (Wildman–Crippen LogP) is 2.54. The fourth-order valence-electron chi connectivity index (χ4n) is 2.47. The minimum Gasteiger partial charge on any atom is -0.463 e. The van der Waals surface area contributed by atoms with Gasteiger partial charge in [-0.25, -0.2) is 13.2 Å². The fourth-order valence-corrected chi connectivity index (χ4v) is 3.46. The second kappa shape index (κ2) is 9.46. The van der Waals surface area contributed by atoms with Gasteiger partial charge in [0.2, 0.25) is 5.91 Å². The Hall–Kier alpha value is -3.29. The molecule has 0 saturated carbocycles. The number of aryl methyl sites for hydroxylation is 1. The molecule has 0 aliphatic rings. The number of amides is 1. The molecule has 176 valence electrons. The highest BCUT2D eigenvalue weighted by atomic mass is 32.2. The van der Waals surface area contributed by atoms with Gasteiger partial charge in [0.15, 0.2) is 5.82 Å². The third-order valence-electron chi connectivity index (χ3n) is 4.02. The van der Waals surface area contributed by atoms with Gasteiger partial charge in [0.05, 0.1) is 11.5 Å². The Bertz CT molecular complexity index is 1070. The van der Waals surface area contributed by atoms with Crippen LogP contribution in [0.15, 0.2) is 39.8 Å². The van der Waals surface area contributed by atoms with E-state index in [1.807, 2.05) is 5.32 Å². The largest absolute Gasteiger partial charge is 0.463 e. The number of nitrogens with zero attached hydrogens (tertiary/aromatic N) is 1. The molecule has 0 fully saturated rings. The number of aromatic nitrogens is 1. The molecule has 1 aromatic carbocycles. The zero-order valence-corrected chi connectivity index (χ0v) is 18.1. The van der Waals surface area contributed by atoms with Gasteiger partial charge < -0.3 is 19.9 Å². The molecule has 0 saturated heterocycles. The lowest BCUT2D eigenvalue weighted by atomic mass is 10.1. The lowest BCUT2D eigenvalue weighted by molar-refractivity contribution is -0.207. The topological polar surface area (TPSA) is 140 Å². The molecule has 32 heavy (non-hydrogen) atoms. The highest BCUT2D eigenvalue weighted by Gasteiger charge is 2.63. The molecule has 1 heterocycles. The van der Waals surface area contributed by atoms with Crippen LogP contribution in [0.3, 0.4) is 0 Å². The van der Waals surface area contributed by atoms with Gasteiger partial charge in [-0.2, -0.15) is 13.2 Å². The van der Waals surface area contributed by atoms with Gasteiger partial charge in [0.25, 0.3) is 10.0 Å². The van der Waals surface area contributed by atoms with E-state index in [0.29, 0.717) is 5.76 Å². The van der Waals surface area contributed by atoms with Crippen molar-refractivity contribution in [2.45, 2.75) is 43.9 Å². The van der Waals surface area contributed by atoms with Gasteiger partial charge in [-0.15, -0.1) is 0 Å². The molecule has 0 radical (unpaired) electrons. The monoisotopic (exact) mass is 478 g/mol. The Morgan fingerprint density at radius 1 is 1.16 bits per heavy atom. The van der Waals surface area contributed by atoms with Gasteiger partial charge in [-0.3, -0.25) is 9.52 Å². The molecule has 0 unspecified atom stereocenters. The molecule has 0 aliphatic heterocycles. The molecule has 1 aromatic heterocycles. The second-order valence-corrected chi connectivity index (χ2v) is 8.13. The van der Waals surface area contributed by atoms with Crippen LogP contribution in [0.25, 0.3) is 0 Å². The third-order valence-corrected chi connectivity index (χ3v) is 5.39. The maximum Gasteiger partial charge on any atom is 0.441 e. The zero-order chi connectivity index (χ0) is 24.2. The number of alkyl halides is 3. The highest BCUT2D eigenvalue weighted by molar-refractivity contribution is 7.92. The number of ether oxygens (including phenoxy) is 1. The Morgan fingerprint density at radius 2 is 1.78 bits per heavy atom. The maximum atomic E-state index is 13.9. The number of esters is 1. The molecule has 1 amide bonds. The number of hydrogen-bond donors (Lipinski definition) is 3. The van der Waals surface area contributed by atoms with Gasteiger partial charge in [0, 0.05) is 18.2 Å². The van der Waals surface area contributed by atoms with E-state index in [1.54, 1.807) is 12.2 Å². The zero-order valence-electron chi connectivity index (χ0n) is 17.2. The van der Waals surface area contributed by atoms with Gasteiger partial charge >= 0.3 is 17.8 Å². The van der Waals surface area contributed by atoms with Gasteiger partial charge in [0.1, 0.15) is 5.76 Å². The van der Waals surface area contributed by atoms with Crippen molar-refractivity contribution in [3.63, 3.8) is 0 Å². The number of benzene rings is 1. The molecule has 0 aliphatic carbocycles. The summed E-state index contributed by atoms with van der Waals surface area (Å²) in [5.74, 6) is -2.55. The van der Waals surface area contributed by atoms with Crippen molar-refractivity contribution >= 4 is 33.4 Å². The molecular weight excluding hydrogens is 457 g/mol. The SMILES string of the molecule is CCOC(=O)[C@@](NC(=O)CC)(Nc1ccc(S(=O)(=O)Nc2cc(C)on2)cc1)C(F)(F)F. The predicted molar refractivity (Wildman–Crippen MR) is 106 cm³/mol. The highest BCUT2D eigenvalue weighted by Crippen LogP contribution is 2.33. The molecule has 3 N–H and O–H groups in total. The molecular formula is C18H21F3N4O6S. The van der Waals surface area contributed by atoms with E-state index >= 15 is 0 Å². The fraction of sp³-hybridized carbons (Fsp3) is 0.389. The van der Waals surface area contributed by atoms with E-state index in [9.17, 15) is 31.2 Å². The molecule has 0 bridgehead atoms. The number of sulfonamides is 1. The van der Waals surface area contributed by atoms with Crippen molar-refractivity contribution < 1.29 is 40.4 Å². The molecule has 10 nitrogen and oxygen atoms in total. The Balaban J connectivity index is 2.37. The van der Waals surface area contributed by atoms with E-state index in [1.165, 1.54) is 19.9 Å². The number of anilines is 2. The Morgan fingerprint density at radius 3 is 2.25 bits per heavy atom. The first kappa shape index (κ1) is 25.0. The van der Waals surface area contributed by atoms with Crippen LogP contribution in [0, 0.1) is 6.92 Å². The van der Waals surface area contributed by atoms with Crippen LogP contribution in [-0.4, -0.2) is 43.9 Å². The number of halogens is 3. The number of rotatable bonds is 9. The summed E-state index contributed by atoms with van der Waals surface area (Å²) in [6.07, 6.45) is -5.62. The summed E-state index contributed by atoms with van der Waals surface area (Å²) >= 11 is 0. The average Bonchev–Trinajstić information content (AvgIpc) is 3.10. The van der Waals surface area contributed by atoms with Crippen molar-refractivity contribution in [1.82, 2.24) is 10.5 Å². The van der Waals surface area contributed by atoms with Gasteiger partial charge in [-0.1, -0.05) is 12.1 Å². The van der Waals surface area contributed by atoms with Crippen LogP contribution >= 0.6 is 0 Å². The molecule has 1 atom stereocenters. The third kappa shape index (κ3) is 5.49. The van der Waals surface area contributed by atoms with E-state index in [0.717, 1.165) is 24.3 Å². The first-order valence-corrected chi connectivity index (χ1v) is 10.7. The summed E-state index contributed by atoms with van der Waals surface area (Å²) in [4.78, 5) is 23.7. The molecule has 2 aromatic rings. The Kier molecular flexibility index (Phi) is 7.38. The summed E-state index contributed by atoms with van der Waals surface area (Å²) < 4.78 is 78.1. The van der Waals surface area contributed by atoms with Crippen molar-refractivity contribution in [3.05, 3.63) is 36.1 Å². The van der Waals surface area contributed by atoms with Crippen LogP contribution < -0.4 is 15.4 Å². The number of nitrogens with one attached hydrogen (secondary N) is 3. The normalized spacial score (nSPS) is 13.7. The first-order chi connectivity index (χ1) is 14.8. The van der Waals surface area contributed by atoms with Gasteiger partial charge in [-0.05, 0) is 38.1 Å². The summed E-state index contributed by atoms with van der Waals surface area (Å²) in [5, 5.41) is 7.07. The average molecular weight is 478 g/mol. The van der Waals surface area contributed by atoms with E-state index in [2.05, 4.69) is 14.6 Å². The van der Waals surface area contributed by atoms with E-state index in [4.69, 9.17) is 4.52 Å². The van der Waals surface area contributed by atoms with Crippen LogP contribution in [0.5, 0.6) is 0 Å². The smallest absolute Gasteiger partial charge is 0.441 e. The minimum atomic E-state index is -5.29. The van der Waals surface area contributed by atoms with E-state index < -0.39 is 33.7 Å². The number of carbonyl (C=O) groups is 2. The summed E-state index contributed by atoms with van der Waals surface area (Å²) in [6, 6.07) is 5.35. The quantitative estimate of drug-likeness (QED) is 0.369. The minimum absolute atomic E-state index is 0.0784. The first-order valence-electron chi connectivity index (χ1n) is 9.24. The van der Waals surface area contributed by atoms with Crippen molar-refractivity contribution in [2.75, 3.05) is 16.6 Å². The van der Waals surface area contributed by atoms with Crippen LogP contribution in [0.2, 0.25) is 0 Å². The second-order valence-electron chi connectivity index (χ2n) is 6.45. The van der Waals surface area contributed by atoms with Crippen molar-refractivity contribution in [3.8, 4) is 0 Å². The molecule has 2 rings (SSSR count). The lowest BCUT2D eigenvalue weighted by Crippen LogP contribution is -2.69. The Labute approximate surface area is 181 Å².